The van der Waals surface area contributed by atoms with Crippen LogP contribution in [-0.2, 0) is 0 Å². The Kier molecular flexibility index (Phi) is 3.81. The van der Waals surface area contributed by atoms with Crippen LogP contribution in [0.2, 0.25) is 0 Å². The lowest BCUT2D eigenvalue weighted by Crippen LogP contribution is -2.28. The van der Waals surface area contributed by atoms with Gasteiger partial charge in [0.1, 0.15) is 11.9 Å². The Labute approximate surface area is 111 Å². The maximum Gasteiger partial charge on any atom is 0.204 e. The van der Waals surface area contributed by atoms with Crippen LogP contribution in [0.1, 0.15) is 5.76 Å². The van der Waals surface area contributed by atoms with E-state index in [0.717, 1.165) is 0 Å². The molecule has 0 aliphatic rings. The number of nitrogens with one attached hydrogen (secondary N) is 1. The lowest BCUT2D eigenvalue weighted by atomic mass is 10.3. The van der Waals surface area contributed by atoms with E-state index < -0.39 is 6.04 Å². The number of pyridine rings is 1. The second kappa shape index (κ2) is 5.35. The Morgan fingerprint density at radius 1 is 1.50 bits per heavy atom. The molecule has 0 atom stereocenters. The van der Waals surface area contributed by atoms with Gasteiger partial charge in [0.2, 0.25) is 5.76 Å². The van der Waals surface area contributed by atoms with Crippen molar-refractivity contribution in [1.82, 2.24) is 4.98 Å². The fourth-order valence-electron chi connectivity index (χ4n) is 1.48. The molecular weight excluding hydrogens is 302 g/mol. The molecule has 0 aromatic carbocycles. The third kappa shape index (κ3) is 2.31. The molecule has 18 heavy (non-hydrogen) atoms. The number of aliphatic hydroxyl groups excluding tert-OH is 2. The third-order valence-corrected chi connectivity index (χ3v) is 3.21. The van der Waals surface area contributed by atoms with Crippen LogP contribution in [0.15, 0.2) is 21.2 Å². The van der Waals surface area contributed by atoms with Crippen LogP contribution in [0.4, 0.5) is 5.82 Å². The van der Waals surface area contributed by atoms with E-state index in [1.54, 1.807) is 6.07 Å². The first-order valence-electron chi connectivity index (χ1n) is 5.16. The van der Waals surface area contributed by atoms with E-state index in [0.29, 0.717) is 21.3 Å². The summed E-state index contributed by atoms with van der Waals surface area (Å²) in [6.07, 6.45) is 1.48. The predicted molar refractivity (Wildman–Crippen MR) is 68.0 cm³/mol. The fraction of sp³-hybridized carbons (Fsp3) is 0.273. The van der Waals surface area contributed by atoms with Crippen molar-refractivity contribution in [3.8, 4) is 6.07 Å². The number of hydrogen-bond donors (Lipinski definition) is 3. The Bertz CT molecular complexity index is 601. The highest BCUT2D eigenvalue weighted by molar-refractivity contribution is 9.10. The summed E-state index contributed by atoms with van der Waals surface area (Å²) in [4.78, 5) is 4.11. The minimum absolute atomic E-state index is 0.200. The quantitative estimate of drug-likeness (QED) is 0.785. The van der Waals surface area contributed by atoms with Crippen LogP contribution in [0, 0.1) is 11.3 Å². The molecule has 0 spiro atoms. The summed E-state index contributed by atoms with van der Waals surface area (Å²) in [5.41, 5.74) is 0.494. The molecule has 0 saturated heterocycles. The molecule has 94 valence electrons. The summed E-state index contributed by atoms with van der Waals surface area (Å²) in [5.74, 6) is 0.673. The van der Waals surface area contributed by atoms with Gasteiger partial charge in [-0.15, -0.1) is 0 Å². The zero-order chi connectivity index (χ0) is 13.1. The fourth-order valence-corrected chi connectivity index (χ4v) is 2.00. The second-order valence-corrected chi connectivity index (χ2v) is 4.42. The zero-order valence-electron chi connectivity index (χ0n) is 9.22. The van der Waals surface area contributed by atoms with Crippen LogP contribution in [0.5, 0.6) is 0 Å². The summed E-state index contributed by atoms with van der Waals surface area (Å²) >= 11 is 3.35. The Balaban J connectivity index is 2.41. The summed E-state index contributed by atoms with van der Waals surface area (Å²) < 4.78 is 5.85. The number of furan rings is 1. The molecule has 0 aliphatic carbocycles. The van der Waals surface area contributed by atoms with Crippen molar-refractivity contribution in [1.29, 1.82) is 5.26 Å². The van der Waals surface area contributed by atoms with Crippen LogP contribution in [-0.4, -0.2) is 34.5 Å². The molecule has 0 unspecified atom stereocenters. The van der Waals surface area contributed by atoms with Crippen molar-refractivity contribution < 1.29 is 14.6 Å². The molecule has 2 aromatic rings. The summed E-state index contributed by atoms with van der Waals surface area (Å²) in [5, 5.41) is 30.4. The second-order valence-electron chi connectivity index (χ2n) is 3.63. The number of halogens is 1. The van der Waals surface area contributed by atoms with Gasteiger partial charge in [-0.2, -0.15) is 5.26 Å². The average molecular weight is 312 g/mol. The van der Waals surface area contributed by atoms with Gasteiger partial charge >= 0.3 is 0 Å². The molecule has 0 amide bonds. The van der Waals surface area contributed by atoms with Crippen LogP contribution >= 0.6 is 15.9 Å². The molecule has 0 saturated carbocycles. The van der Waals surface area contributed by atoms with Gasteiger partial charge < -0.3 is 19.9 Å². The largest absolute Gasteiger partial charge is 0.444 e. The van der Waals surface area contributed by atoms with Crippen molar-refractivity contribution >= 4 is 32.7 Å². The molecular formula is C11H10BrN3O3. The van der Waals surface area contributed by atoms with Crippen molar-refractivity contribution in [2.24, 2.45) is 0 Å². The number of hydrogen-bond acceptors (Lipinski definition) is 6. The smallest absolute Gasteiger partial charge is 0.204 e. The molecule has 0 radical (unpaired) electrons. The van der Waals surface area contributed by atoms with Gasteiger partial charge in [0.15, 0.2) is 5.58 Å². The lowest BCUT2D eigenvalue weighted by molar-refractivity contribution is 0.203. The number of aliphatic hydroxyl groups is 2. The van der Waals surface area contributed by atoms with Crippen LogP contribution in [0.25, 0.3) is 11.0 Å². The van der Waals surface area contributed by atoms with E-state index in [1.807, 2.05) is 6.07 Å². The van der Waals surface area contributed by atoms with E-state index in [9.17, 15) is 0 Å². The highest BCUT2D eigenvalue weighted by atomic mass is 79.9. The third-order valence-electron chi connectivity index (χ3n) is 2.41. The Morgan fingerprint density at radius 3 is 2.83 bits per heavy atom. The van der Waals surface area contributed by atoms with Crippen LogP contribution < -0.4 is 5.32 Å². The normalized spacial score (nSPS) is 10.8. The first-order valence-corrected chi connectivity index (χ1v) is 5.95. The molecule has 3 N–H and O–H groups in total. The first-order chi connectivity index (χ1) is 8.69. The number of rotatable bonds is 4. The van der Waals surface area contributed by atoms with Gasteiger partial charge in [-0.1, -0.05) is 0 Å². The van der Waals surface area contributed by atoms with Gasteiger partial charge in [-0.05, 0) is 15.9 Å². The highest BCUT2D eigenvalue weighted by Gasteiger charge is 2.14. The minimum atomic E-state index is -0.492. The molecule has 2 rings (SSSR count). The Hall–Kier alpha value is -1.62. The minimum Gasteiger partial charge on any atom is -0.444 e. The average Bonchev–Trinajstić information content (AvgIpc) is 2.82. The van der Waals surface area contributed by atoms with Gasteiger partial charge in [-0.25, -0.2) is 4.98 Å². The Morgan fingerprint density at radius 2 is 2.22 bits per heavy atom. The molecule has 0 aliphatic heterocycles. The van der Waals surface area contributed by atoms with Crippen molar-refractivity contribution in [3.05, 3.63) is 22.5 Å². The van der Waals surface area contributed by atoms with E-state index >= 15 is 0 Å². The molecule has 2 heterocycles. The molecule has 2 aromatic heterocycles. The first kappa shape index (κ1) is 12.8. The molecule has 0 fully saturated rings. The van der Waals surface area contributed by atoms with Crippen molar-refractivity contribution in [2.45, 2.75) is 6.04 Å². The molecule has 6 nitrogen and oxygen atoms in total. The molecule has 0 bridgehead atoms. The maximum absolute atomic E-state index is 9.01. The van der Waals surface area contributed by atoms with Crippen molar-refractivity contribution in [3.63, 3.8) is 0 Å². The summed E-state index contributed by atoms with van der Waals surface area (Å²) in [6, 6.07) is 3.01. The van der Waals surface area contributed by atoms with Gasteiger partial charge in [0, 0.05) is 11.5 Å². The summed E-state index contributed by atoms with van der Waals surface area (Å²) in [6.45, 7) is -0.422. The van der Waals surface area contributed by atoms with Gasteiger partial charge in [-0.3, -0.25) is 0 Å². The van der Waals surface area contributed by atoms with Gasteiger partial charge in [0.25, 0.3) is 0 Å². The van der Waals surface area contributed by atoms with Gasteiger partial charge in [0.05, 0.1) is 29.9 Å². The van der Waals surface area contributed by atoms with Crippen LogP contribution in [0.3, 0.4) is 0 Å². The van der Waals surface area contributed by atoms with E-state index in [1.165, 1.54) is 6.20 Å². The summed E-state index contributed by atoms with van der Waals surface area (Å²) in [7, 11) is 0. The number of aromatic nitrogens is 1. The number of nitrogens with zero attached hydrogens (tertiary/aromatic N) is 2. The van der Waals surface area contributed by atoms with E-state index in [2.05, 4.69) is 26.2 Å². The SMILES string of the molecule is N#Cc1cc2c(Br)c(NC(CO)CO)ncc2o1. The predicted octanol–water partition coefficient (Wildman–Crippen LogP) is 1.23. The number of anilines is 1. The monoisotopic (exact) mass is 311 g/mol. The lowest BCUT2D eigenvalue weighted by Gasteiger charge is -2.14. The maximum atomic E-state index is 9.01. The number of nitriles is 1. The highest BCUT2D eigenvalue weighted by Crippen LogP contribution is 2.31. The van der Waals surface area contributed by atoms with E-state index in [4.69, 9.17) is 19.9 Å². The standard InChI is InChI=1S/C11H10BrN3O3/c12-10-8-1-7(2-13)18-9(8)3-14-11(10)15-6(4-16)5-17/h1,3,6,16-17H,4-5H2,(H,14,15). The van der Waals surface area contributed by atoms with Crippen molar-refractivity contribution in [2.75, 3.05) is 18.5 Å². The number of fused-ring (bicyclic) bond motifs is 1. The topological polar surface area (TPSA) is 102 Å². The zero-order valence-corrected chi connectivity index (χ0v) is 10.8. The molecule has 7 heteroatoms. The van der Waals surface area contributed by atoms with E-state index in [-0.39, 0.29) is 19.0 Å².